The van der Waals surface area contributed by atoms with Crippen molar-refractivity contribution in [2.75, 3.05) is 18.0 Å². The Labute approximate surface area is 158 Å². The molecule has 2 heterocycles. The standard InChI is InChI=1S/C21H23N3O3/c1-14-10-19(23-15(2)17(14)12-22)24-9-8-21(20(26)27,18(25)13-24)11-16-6-4-3-5-7-16/h3-7,10,18,25H,8-9,11,13H2,1-2H3,(H,26,27)/t18-,21-/m1/s1. The molecule has 0 bridgehead atoms. The van der Waals surface area contributed by atoms with Crippen molar-refractivity contribution < 1.29 is 15.0 Å². The summed E-state index contributed by atoms with van der Waals surface area (Å²) >= 11 is 0. The minimum atomic E-state index is -1.21. The van der Waals surface area contributed by atoms with Gasteiger partial charge in [-0.1, -0.05) is 30.3 Å². The Hall–Kier alpha value is -2.91. The van der Waals surface area contributed by atoms with Gasteiger partial charge in [0.1, 0.15) is 17.3 Å². The van der Waals surface area contributed by atoms with Crippen molar-refractivity contribution >= 4 is 11.8 Å². The average molecular weight is 365 g/mol. The number of rotatable bonds is 4. The van der Waals surface area contributed by atoms with Gasteiger partial charge in [0.05, 0.1) is 17.4 Å². The second-order valence-corrected chi connectivity index (χ2v) is 7.21. The molecule has 2 N–H and O–H groups in total. The lowest BCUT2D eigenvalue weighted by atomic mass is 9.71. The first kappa shape index (κ1) is 18.9. The molecule has 140 valence electrons. The van der Waals surface area contributed by atoms with E-state index in [0.29, 0.717) is 30.0 Å². The van der Waals surface area contributed by atoms with Crippen LogP contribution in [-0.4, -0.2) is 40.4 Å². The van der Waals surface area contributed by atoms with Gasteiger partial charge in [-0.15, -0.1) is 0 Å². The molecule has 1 aliphatic heterocycles. The third kappa shape index (κ3) is 3.51. The SMILES string of the molecule is Cc1cc(N2CC[C@](Cc3ccccc3)(C(=O)O)[C@H](O)C2)nc(C)c1C#N. The Morgan fingerprint density at radius 3 is 2.63 bits per heavy atom. The summed E-state index contributed by atoms with van der Waals surface area (Å²) in [6, 6.07) is 13.4. The van der Waals surface area contributed by atoms with Crippen LogP contribution in [0.4, 0.5) is 5.82 Å². The van der Waals surface area contributed by atoms with Crippen molar-refractivity contribution in [1.29, 1.82) is 5.26 Å². The molecule has 1 fully saturated rings. The second-order valence-electron chi connectivity index (χ2n) is 7.21. The van der Waals surface area contributed by atoms with E-state index in [1.807, 2.05) is 48.2 Å². The Balaban J connectivity index is 1.86. The van der Waals surface area contributed by atoms with Gasteiger partial charge in [-0.3, -0.25) is 4.79 Å². The van der Waals surface area contributed by atoms with Crippen molar-refractivity contribution in [3.8, 4) is 6.07 Å². The molecule has 0 radical (unpaired) electrons. The minimum absolute atomic E-state index is 0.191. The van der Waals surface area contributed by atoms with E-state index < -0.39 is 17.5 Å². The van der Waals surface area contributed by atoms with Crippen LogP contribution in [0.5, 0.6) is 0 Å². The van der Waals surface area contributed by atoms with Crippen molar-refractivity contribution in [1.82, 2.24) is 4.98 Å². The molecule has 27 heavy (non-hydrogen) atoms. The number of hydrogen-bond donors (Lipinski definition) is 2. The van der Waals surface area contributed by atoms with E-state index >= 15 is 0 Å². The molecule has 1 aromatic carbocycles. The highest BCUT2D eigenvalue weighted by molar-refractivity contribution is 5.76. The van der Waals surface area contributed by atoms with Crippen molar-refractivity contribution in [3.63, 3.8) is 0 Å². The number of carboxylic acid groups (broad SMARTS) is 1. The fourth-order valence-electron chi connectivity index (χ4n) is 3.82. The molecule has 3 rings (SSSR count). The van der Waals surface area contributed by atoms with Gasteiger partial charge in [-0.2, -0.15) is 5.26 Å². The quantitative estimate of drug-likeness (QED) is 0.864. The van der Waals surface area contributed by atoms with Crippen LogP contribution in [0.3, 0.4) is 0 Å². The van der Waals surface area contributed by atoms with Crippen molar-refractivity contribution in [2.45, 2.75) is 32.8 Å². The largest absolute Gasteiger partial charge is 0.481 e. The Morgan fingerprint density at radius 1 is 1.37 bits per heavy atom. The van der Waals surface area contributed by atoms with E-state index in [2.05, 4.69) is 11.1 Å². The number of pyridine rings is 1. The molecule has 0 spiro atoms. The number of hydrogen-bond acceptors (Lipinski definition) is 5. The maximum atomic E-state index is 12.1. The van der Waals surface area contributed by atoms with E-state index in [0.717, 1.165) is 11.1 Å². The number of aliphatic carboxylic acids is 1. The summed E-state index contributed by atoms with van der Waals surface area (Å²) < 4.78 is 0. The molecule has 2 atom stereocenters. The molecule has 1 aromatic heterocycles. The first-order chi connectivity index (χ1) is 12.9. The summed E-state index contributed by atoms with van der Waals surface area (Å²) in [6.07, 6.45) is -0.420. The van der Waals surface area contributed by atoms with Crippen LogP contribution in [0.2, 0.25) is 0 Å². The van der Waals surface area contributed by atoms with E-state index in [1.165, 1.54) is 0 Å². The molecule has 6 nitrogen and oxygen atoms in total. The van der Waals surface area contributed by atoms with Gasteiger partial charge in [0, 0.05) is 13.1 Å². The lowest BCUT2D eigenvalue weighted by Crippen LogP contribution is -2.56. The number of aromatic nitrogens is 1. The summed E-state index contributed by atoms with van der Waals surface area (Å²) in [4.78, 5) is 18.5. The fraction of sp³-hybridized carbons (Fsp3) is 0.381. The summed E-state index contributed by atoms with van der Waals surface area (Å²) in [5.74, 6) is -0.305. The third-order valence-electron chi connectivity index (χ3n) is 5.47. The number of benzene rings is 1. The number of carbonyl (C=O) groups is 1. The number of aliphatic hydroxyl groups excluding tert-OH is 1. The van der Waals surface area contributed by atoms with E-state index in [4.69, 9.17) is 0 Å². The van der Waals surface area contributed by atoms with Gasteiger partial charge in [0.2, 0.25) is 0 Å². The van der Waals surface area contributed by atoms with Crippen LogP contribution < -0.4 is 4.90 Å². The molecule has 1 aliphatic rings. The molecule has 6 heteroatoms. The lowest BCUT2D eigenvalue weighted by Gasteiger charge is -2.43. The Morgan fingerprint density at radius 2 is 2.07 bits per heavy atom. The van der Waals surface area contributed by atoms with E-state index in [-0.39, 0.29) is 13.0 Å². The fourth-order valence-corrected chi connectivity index (χ4v) is 3.82. The highest BCUT2D eigenvalue weighted by atomic mass is 16.4. The van der Waals surface area contributed by atoms with Gasteiger partial charge in [-0.25, -0.2) is 4.98 Å². The molecular weight excluding hydrogens is 342 g/mol. The van der Waals surface area contributed by atoms with Gasteiger partial charge in [-0.05, 0) is 43.9 Å². The number of nitrogens with zero attached hydrogens (tertiary/aromatic N) is 3. The van der Waals surface area contributed by atoms with E-state index in [1.54, 1.807) is 6.92 Å². The lowest BCUT2D eigenvalue weighted by molar-refractivity contribution is -0.158. The van der Waals surface area contributed by atoms with Crippen LogP contribution in [0.25, 0.3) is 0 Å². The predicted octanol–water partition coefficient (Wildman–Crippen LogP) is 2.45. The number of aliphatic hydroxyl groups is 1. The van der Waals surface area contributed by atoms with Gasteiger partial charge in [0.25, 0.3) is 0 Å². The Kier molecular flexibility index (Phi) is 5.15. The number of aryl methyl sites for hydroxylation is 2. The third-order valence-corrected chi connectivity index (χ3v) is 5.47. The summed E-state index contributed by atoms with van der Waals surface area (Å²) in [6.45, 7) is 4.31. The topological polar surface area (TPSA) is 97.5 Å². The van der Waals surface area contributed by atoms with Gasteiger partial charge < -0.3 is 15.1 Å². The van der Waals surface area contributed by atoms with Crippen molar-refractivity contribution in [2.24, 2.45) is 5.41 Å². The molecule has 0 saturated carbocycles. The zero-order valence-electron chi connectivity index (χ0n) is 15.5. The molecular formula is C21H23N3O3. The second kappa shape index (κ2) is 7.37. The van der Waals surface area contributed by atoms with Crippen LogP contribution >= 0.6 is 0 Å². The summed E-state index contributed by atoms with van der Waals surface area (Å²) in [5, 5.41) is 29.9. The van der Waals surface area contributed by atoms with Gasteiger partial charge in [0.15, 0.2) is 0 Å². The normalized spacial score (nSPS) is 22.3. The zero-order valence-corrected chi connectivity index (χ0v) is 15.5. The van der Waals surface area contributed by atoms with Crippen LogP contribution in [0.1, 0.15) is 28.8 Å². The zero-order chi connectivity index (χ0) is 19.6. The van der Waals surface area contributed by atoms with Crippen LogP contribution in [0.15, 0.2) is 36.4 Å². The monoisotopic (exact) mass is 365 g/mol. The number of carboxylic acids is 1. The maximum Gasteiger partial charge on any atom is 0.312 e. The summed E-state index contributed by atoms with van der Waals surface area (Å²) in [7, 11) is 0. The molecule has 0 unspecified atom stereocenters. The number of anilines is 1. The Bertz CT molecular complexity index is 868. The average Bonchev–Trinajstić information content (AvgIpc) is 2.63. The minimum Gasteiger partial charge on any atom is -0.481 e. The summed E-state index contributed by atoms with van der Waals surface area (Å²) in [5.41, 5.74) is 1.71. The smallest absolute Gasteiger partial charge is 0.312 e. The van der Waals surface area contributed by atoms with Crippen molar-refractivity contribution in [3.05, 3.63) is 58.8 Å². The van der Waals surface area contributed by atoms with Gasteiger partial charge >= 0.3 is 5.97 Å². The first-order valence-electron chi connectivity index (χ1n) is 8.96. The number of piperidine rings is 1. The van der Waals surface area contributed by atoms with Crippen LogP contribution in [0, 0.1) is 30.6 Å². The molecule has 2 aromatic rings. The first-order valence-corrected chi connectivity index (χ1v) is 8.96. The number of nitriles is 1. The predicted molar refractivity (Wildman–Crippen MR) is 101 cm³/mol. The molecule has 0 amide bonds. The molecule has 0 aliphatic carbocycles. The maximum absolute atomic E-state index is 12.1. The van der Waals surface area contributed by atoms with E-state index in [9.17, 15) is 20.3 Å². The number of β-amino-alcohol motifs (C(OH)–C–C–N with tert-alkyl or cyclic N) is 1. The van der Waals surface area contributed by atoms with Crippen LogP contribution in [-0.2, 0) is 11.2 Å². The molecule has 1 saturated heterocycles. The highest BCUT2D eigenvalue weighted by Crippen LogP contribution is 2.37. The highest BCUT2D eigenvalue weighted by Gasteiger charge is 2.48.